The van der Waals surface area contributed by atoms with Crippen molar-refractivity contribution < 1.29 is 4.39 Å². The molecule has 0 aliphatic carbocycles. The summed E-state index contributed by atoms with van der Waals surface area (Å²) in [5.74, 6) is 5.17. The third-order valence-electron chi connectivity index (χ3n) is 3.18. The van der Waals surface area contributed by atoms with Crippen LogP contribution in [0, 0.1) is 5.82 Å². The molecule has 2 aromatic rings. The predicted molar refractivity (Wildman–Crippen MR) is 78.8 cm³/mol. The van der Waals surface area contributed by atoms with Crippen molar-refractivity contribution >= 4 is 11.6 Å². The fraction of sp³-hybridized carbons (Fsp3) is 0.267. The zero-order valence-corrected chi connectivity index (χ0v) is 11.8. The molecule has 2 rings (SSSR count). The monoisotopic (exact) mass is 293 g/mol. The number of halogens is 2. The van der Waals surface area contributed by atoms with E-state index in [9.17, 15) is 4.39 Å². The number of aromatic nitrogens is 1. The van der Waals surface area contributed by atoms with Crippen molar-refractivity contribution in [3.8, 4) is 0 Å². The molecule has 0 fully saturated rings. The molecule has 5 heteroatoms. The quantitative estimate of drug-likeness (QED) is 0.636. The minimum Gasteiger partial charge on any atom is -0.271 e. The van der Waals surface area contributed by atoms with E-state index < -0.39 is 5.82 Å². The Balaban J connectivity index is 1.93. The zero-order chi connectivity index (χ0) is 14.4. The van der Waals surface area contributed by atoms with E-state index in [0.717, 1.165) is 24.1 Å². The Morgan fingerprint density at radius 3 is 2.80 bits per heavy atom. The summed E-state index contributed by atoms with van der Waals surface area (Å²) in [5, 5.41) is 0.142. The van der Waals surface area contributed by atoms with Crippen molar-refractivity contribution in [3.63, 3.8) is 0 Å². The van der Waals surface area contributed by atoms with Gasteiger partial charge in [0.05, 0.1) is 5.02 Å². The third-order valence-corrected chi connectivity index (χ3v) is 3.47. The summed E-state index contributed by atoms with van der Waals surface area (Å²) >= 11 is 5.78. The normalized spacial score (nSPS) is 12.3. The van der Waals surface area contributed by atoms with Crippen LogP contribution in [0.15, 0.2) is 42.6 Å². The number of hydrogen-bond donors (Lipinski definition) is 2. The number of nitrogens with two attached hydrogens (primary N) is 1. The van der Waals surface area contributed by atoms with Crippen molar-refractivity contribution in [2.75, 3.05) is 0 Å². The van der Waals surface area contributed by atoms with Gasteiger partial charge in [-0.3, -0.25) is 16.3 Å². The molecule has 3 nitrogen and oxygen atoms in total. The first-order valence-corrected chi connectivity index (χ1v) is 6.87. The van der Waals surface area contributed by atoms with Crippen LogP contribution in [0.25, 0.3) is 0 Å². The zero-order valence-electron chi connectivity index (χ0n) is 11.0. The van der Waals surface area contributed by atoms with E-state index in [1.165, 1.54) is 6.07 Å². The van der Waals surface area contributed by atoms with E-state index in [0.29, 0.717) is 6.42 Å². The second-order valence-electron chi connectivity index (χ2n) is 4.68. The van der Waals surface area contributed by atoms with Gasteiger partial charge < -0.3 is 0 Å². The molecular formula is C15H17ClFN3. The number of aryl methyl sites for hydroxylation is 1. The topological polar surface area (TPSA) is 50.9 Å². The van der Waals surface area contributed by atoms with Gasteiger partial charge in [-0.15, -0.1) is 0 Å². The van der Waals surface area contributed by atoms with Gasteiger partial charge in [0.1, 0.15) is 5.82 Å². The second-order valence-corrected chi connectivity index (χ2v) is 5.08. The molecule has 0 aliphatic rings. The van der Waals surface area contributed by atoms with Gasteiger partial charge in [-0.25, -0.2) is 4.39 Å². The van der Waals surface area contributed by atoms with Crippen LogP contribution in [0.5, 0.6) is 0 Å². The highest BCUT2D eigenvalue weighted by molar-refractivity contribution is 6.30. The lowest BCUT2D eigenvalue weighted by molar-refractivity contribution is 0.489. The highest BCUT2D eigenvalue weighted by Gasteiger charge is 2.10. The molecule has 0 radical (unpaired) electrons. The molecule has 0 saturated carbocycles. The van der Waals surface area contributed by atoms with Crippen LogP contribution in [0.4, 0.5) is 4.39 Å². The minimum absolute atomic E-state index is 0.0959. The minimum atomic E-state index is -0.402. The van der Waals surface area contributed by atoms with Crippen molar-refractivity contribution in [3.05, 3.63) is 64.7 Å². The summed E-state index contributed by atoms with van der Waals surface area (Å²) in [6.07, 6.45) is 4.16. The van der Waals surface area contributed by atoms with E-state index in [2.05, 4.69) is 10.4 Å². The fourth-order valence-electron chi connectivity index (χ4n) is 2.06. The SMILES string of the molecule is NNC(CCc1ccccn1)Cc1ccc(F)c(Cl)c1. The number of nitrogens with zero attached hydrogens (tertiary/aromatic N) is 1. The summed E-state index contributed by atoms with van der Waals surface area (Å²) in [6, 6.07) is 10.7. The largest absolute Gasteiger partial charge is 0.271 e. The summed E-state index contributed by atoms with van der Waals surface area (Å²) < 4.78 is 13.1. The molecule has 0 bridgehead atoms. The molecule has 20 heavy (non-hydrogen) atoms. The molecule has 0 saturated heterocycles. The van der Waals surface area contributed by atoms with Crippen molar-refractivity contribution in [2.45, 2.75) is 25.3 Å². The molecule has 1 atom stereocenters. The second kappa shape index (κ2) is 7.33. The van der Waals surface area contributed by atoms with Crippen LogP contribution >= 0.6 is 11.6 Å². The molecule has 0 aliphatic heterocycles. The molecule has 0 amide bonds. The van der Waals surface area contributed by atoms with E-state index in [1.807, 2.05) is 18.2 Å². The van der Waals surface area contributed by atoms with Crippen LogP contribution < -0.4 is 11.3 Å². The van der Waals surface area contributed by atoms with Gasteiger partial charge in [-0.1, -0.05) is 23.7 Å². The lowest BCUT2D eigenvalue weighted by Gasteiger charge is -2.16. The maximum absolute atomic E-state index is 13.1. The molecule has 0 spiro atoms. The maximum atomic E-state index is 13.1. The maximum Gasteiger partial charge on any atom is 0.141 e. The van der Waals surface area contributed by atoms with Gasteiger partial charge in [-0.2, -0.15) is 0 Å². The highest BCUT2D eigenvalue weighted by atomic mass is 35.5. The first-order chi connectivity index (χ1) is 9.69. The summed E-state index contributed by atoms with van der Waals surface area (Å²) in [7, 11) is 0. The smallest absolute Gasteiger partial charge is 0.141 e. The van der Waals surface area contributed by atoms with Gasteiger partial charge in [0.2, 0.25) is 0 Å². The van der Waals surface area contributed by atoms with Crippen molar-refractivity contribution in [1.29, 1.82) is 0 Å². The van der Waals surface area contributed by atoms with Gasteiger partial charge in [0.15, 0.2) is 0 Å². The Bertz CT molecular complexity index is 548. The number of nitrogens with one attached hydrogen (secondary N) is 1. The molecular weight excluding hydrogens is 277 g/mol. The summed E-state index contributed by atoms with van der Waals surface area (Å²) in [5.41, 5.74) is 4.78. The lowest BCUT2D eigenvalue weighted by Crippen LogP contribution is -2.37. The van der Waals surface area contributed by atoms with Gasteiger partial charge in [0.25, 0.3) is 0 Å². The number of hydrazine groups is 1. The first kappa shape index (κ1) is 14.9. The average Bonchev–Trinajstić information content (AvgIpc) is 2.48. The molecule has 1 aromatic heterocycles. The lowest BCUT2D eigenvalue weighted by atomic mass is 10.0. The van der Waals surface area contributed by atoms with Gasteiger partial charge in [0, 0.05) is 17.9 Å². The number of rotatable bonds is 6. The molecule has 1 unspecified atom stereocenters. The Hall–Kier alpha value is -1.49. The van der Waals surface area contributed by atoms with Crippen LogP contribution in [-0.4, -0.2) is 11.0 Å². The standard InChI is InChI=1S/C15H17ClFN3/c16-14-10-11(4-7-15(14)17)9-13(20-18)6-5-12-3-1-2-8-19-12/h1-4,7-8,10,13,20H,5-6,9,18H2. The first-order valence-electron chi connectivity index (χ1n) is 6.49. The van der Waals surface area contributed by atoms with Crippen molar-refractivity contribution in [2.24, 2.45) is 5.84 Å². The van der Waals surface area contributed by atoms with E-state index in [4.69, 9.17) is 17.4 Å². The molecule has 1 aromatic carbocycles. The van der Waals surface area contributed by atoms with Gasteiger partial charge in [-0.05, 0) is 49.1 Å². The Labute approximate surface area is 122 Å². The fourth-order valence-corrected chi connectivity index (χ4v) is 2.27. The van der Waals surface area contributed by atoms with Crippen LogP contribution in [-0.2, 0) is 12.8 Å². The molecule has 106 valence electrons. The highest BCUT2D eigenvalue weighted by Crippen LogP contribution is 2.17. The Kier molecular flexibility index (Phi) is 5.47. The van der Waals surface area contributed by atoms with E-state index in [-0.39, 0.29) is 11.1 Å². The Morgan fingerprint density at radius 2 is 2.15 bits per heavy atom. The third kappa shape index (κ3) is 4.27. The number of benzene rings is 1. The van der Waals surface area contributed by atoms with Crippen LogP contribution in [0.3, 0.4) is 0 Å². The van der Waals surface area contributed by atoms with E-state index >= 15 is 0 Å². The summed E-state index contributed by atoms with van der Waals surface area (Å²) in [6.45, 7) is 0. The van der Waals surface area contributed by atoms with Crippen LogP contribution in [0.2, 0.25) is 5.02 Å². The Morgan fingerprint density at radius 1 is 1.30 bits per heavy atom. The average molecular weight is 294 g/mol. The number of hydrogen-bond acceptors (Lipinski definition) is 3. The van der Waals surface area contributed by atoms with Gasteiger partial charge >= 0.3 is 0 Å². The van der Waals surface area contributed by atoms with Crippen LogP contribution in [0.1, 0.15) is 17.7 Å². The molecule has 1 heterocycles. The molecule has 3 N–H and O–H groups in total. The van der Waals surface area contributed by atoms with E-state index in [1.54, 1.807) is 18.3 Å². The summed E-state index contributed by atoms with van der Waals surface area (Å²) in [4.78, 5) is 4.28. The van der Waals surface area contributed by atoms with Crippen molar-refractivity contribution in [1.82, 2.24) is 10.4 Å². The predicted octanol–water partition coefficient (Wildman–Crippen LogP) is 2.88. The number of pyridine rings is 1.